The topological polar surface area (TPSA) is 40.5 Å². The standard InChI is InChI=1S/C25H42O2.C3H4/c1-22-11-9-18(27)15-17(22)8-12-24(3)21(22)7-6-19-20-5-4-10-25(20,16-26)14-13-23(19,24)2;1-3-2/h17-21,26-27H,4-16H2,1-3H3;1H,2H3/t17?,18?,19?,20?,21?,22?,23-,24?,25?;/m1./s1. The largest absolute Gasteiger partial charge is 0.396 e. The summed E-state index contributed by atoms with van der Waals surface area (Å²) in [5.41, 5.74) is 1.62. The summed E-state index contributed by atoms with van der Waals surface area (Å²) in [4.78, 5) is 0. The van der Waals surface area contributed by atoms with Gasteiger partial charge in [0.2, 0.25) is 0 Å². The summed E-state index contributed by atoms with van der Waals surface area (Å²) in [7, 11) is 0. The number of aliphatic hydroxyl groups is 2. The van der Waals surface area contributed by atoms with Crippen LogP contribution >= 0.6 is 0 Å². The molecule has 0 aromatic carbocycles. The van der Waals surface area contributed by atoms with Crippen molar-refractivity contribution in [3.05, 3.63) is 0 Å². The molecule has 5 aliphatic carbocycles. The van der Waals surface area contributed by atoms with Crippen molar-refractivity contribution >= 4 is 0 Å². The molecule has 5 rings (SSSR count). The van der Waals surface area contributed by atoms with Gasteiger partial charge in [0.05, 0.1) is 6.10 Å². The van der Waals surface area contributed by atoms with Crippen molar-refractivity contribution in [2.45, 2.75) is 111 Å². The first-order valence-electron chi connectivity index (χ1n) is 12.9. The Bertz CT molecular complexity index is 681. The summed E-state index contributed by atoms with van der Waals surface area (Å²) >= 11 is 0. The molecule has 0 radical (unpaired) electrons. The SMILES string of the molecule is C#CC.CC12CCC(O)CC1CCC1(C)C2CCC2C3CCCC3(CO)CC[C@]21C. The van der Waals surface area contributed by atoms with Gasteiger partial charge in [-0.05, 0) is 123 Å². The lowest BCUT2D eigenvalue weighted by Gasteiger charge is -2.71. The van der Waals surface area contributed by atoms with Crippen LogP contribution in [-0.4, -0.2) is 22.9 Å². The highest BCUT2D eigenvalue weighted by molar-refractivity contribution is 5.17. The first-order valence-corrected chi connectivity index (χ1v) is 12.9. The number of terminal acetylenes is 1. The lowest BCUT2D eigenvalue weighted by Crippen LogP contribution is -2.64. The molecule has 5 aliphatic rings. The van der Waals surface area contributed by atoms with E-state index in [0.717, 1.165) is 36.5 Å². The third-order valence-electron chi connectivity index (χ3n) is 11.9. The monoisotopic (exact) mass is 414 g/mol. The van der Waals surface area contributed by atoms with Crippen LogP contribution in [0.3, 0.4) is 0 Å². The van der Waals surface area contributed by atoms with Gasteiger partial charge in [0, 0.05) is 6.61 Å². The molecule has 30 heavy (non-hydrogen) atoms. The number of hydrogen-bond donors (Lipinski definition) is 2. The molecule has 0 bridgehead atoms. The number of fused-ring (bicyclic) bond motifs is 7. The molecule has 2 N–H and O–H groups in total. The maximum absolute atomic E-state index is 10.3. The Hall–Kier alpha value is -0.520. The minimum atomic E-state index is -0.0438. The van der Waals surface area contributed by atoms with Crippen LogP contribution in [-0.2, 0) is 0 Å². The third-order valence-corrected chi connectivity index (χ3v) is 11.9. The molecule has 0 heterocycles. The maximum atomic E-state index is 10.3. The van der Waals surface area contributed by atoms with Gasteiger partial charge in [-0.2, -0.15) is 0 Å². The predicted octanol–water partition coefficient (Wildman–Crippen LogP) is 6.20. The Balaban J connectivity index is 0.000000687. The van der Waals surface area contributed by atoms with Crippen LogP contribution in [0.15, 0.2) is 0 Å². The van der Waals surface area contributed by atoms with Crippen molar-refractivity contribution in [1.82, 2.24) is 0 Å². The van der Waals surface area contributed by atoms with Gasteiger partial charge in [-0.25, -0.2) is 0 Å². The van der Waals surface area contributed by atoms with Crippen LogP contribution in [0.5, 0.6) is 0 Å². The van der Waals surface area contributed by atoms with Crippen LogP contribution in [0.2, 0.25) is 0 Å². The first-order chi connectivity index (χ1) is 14.2. The lowest BCUT2D eigenvalue weighted by atomic mass is 9.34. The Morgan fingerprint density at radius 2 is 1.60 bits per heavy atom. The Morgan fingerprint density at radius 3 is 2.30 bits per heavy atom. The minimum absolute atomic E-state index is 0.0438. The second kappa shape index (κ2) is 7.81. The molecule has 0 aliphatic heterocycles. The molecule has 0 aromatic heterocycles. The maximum Gasteiger partial charge on any atom is 0.0543 e. The highest BCUT2D eigenvalue weighted by atomic mass is 16.3. The van der Waals surface area contributed by atoms with Crippen molar-refractivity contribution in [2.75, 3.05) is 6.61 Å². The van der Waals surface area contributed by atoms with Crippen molar-refractivity contribution < 1.29 is 10.2 Å². The van der Waals surface area contributed by atoms with E-state index in [1.807, 2.05) is 0 Å². The van der Waals surface area contributed by atoms with Gasteiger partial charge >= 0.3 is 0 Å². The lowest BCUT2D eigenvalue weighted by molar-refractivity contribution is -0.227. The van der Waals surface area contributed by atoms with Crippen LogP contribution in [0, 0.1) is 57.7 Å². The zero-order chi connectivity index (χ0) is 21.8. The molecule has 0 amide bonds. The van der Waals surface area contributed by atoms with E-state index in [-0.39, 0.29) is 11.5 Å². The minimum Gasteiger partial charge on any atom is -0.396 e. The van der Waals surface area contributed by atoms with Crippen LogP contribution in [0.1, 0.15) is 105 Å². The molecule has 2 heteroatoms. The Labute approximate surface area is 185 Å². The van der Waals surface area contributed by atoms with E-state index in [4.69, 9.17) is 0 Å². The zero-order valence-corrected chi connectivity index (χ0v) is 20.1. The zero-order valence-electron chi connectivity index (χ0n) is 20.1. The Kier molecular flexibility index (Phi) is 5.90. The average Bonchev–Trinajstić information content (AvgIpc) is 3.15. The van der Waals surface area contributed by atoms with E-state index >= 15 is 0 Å². The molecule has 9 atom stereocenters. The number of aliphatic hydroxyl groups excluding tert-OH is 2. The van der Waals surface area contributed by atoms with Gasteiger partial charge in [-0.3, -0.25) is 0 Å². The van der Waals surface area contributed by atoms with E-state index < -0.39 is 0 Å². The van der Waals surface area contributed by atoms with Gasteiger partial charge in [0.1, 0.15) is 0 Å². The highest BCUT2D eigenvalue weighted by Gasteiger charge is 2.68. The fourth-order valence-corrected chi connectivity index (χ4v) is 10.1. The third kappa shape index (κ3) is 2.97. The molecule has 0 saturated heterocycles. The van der Waals surface area contributed by atoms with E-state index in [1.54, 1.807) is 6.92 Å². The van der Waals surface area contributed by atoms with Gasteiger partial charge < -0.3 is 10.2 Å². The highest BCUT2D eigenvalue weighted by Crippen LogP contribution is 2.75. The van der Waals surface area contributed by atoms with Crippen molar-refractivity contribution in [1.29, 1.82) is 0 Å². The Morgan fingerprint density at radius 1 is 0.867 bits per heavy atom. The van der Waals surface area contributed by atoms with Crippen molar-refractivity contribution in [3.63, 3.8) is 0 Å². The summed E-state index contributed by atoms with van der Waals surface area (Å²) in [6.45, 7) is 10.0. The van der Waals surface area contributed by atoms with E-state index in [0.29, 0.717) is 22.9 Å². The van der Waals surface area contributed by atoms with E-state index in [2.05, 4.69) is 33.1 Å². The molecule has 2 nitrogen and oxygen atoms in total. The fourth-order valence-electron chi connectivity index (χ4n) is 10.1. The van der Waals surface area contributed by atoms with Crippen LogP contribution in [0.4, 0.5) is 0 Å². The fraction of sp³-hybridized carbons (Fsp3) is 0.929. The second-order valence-electron chi connectivity index (χ2n) is 12.5. The quantitative estimate of drug-likeness (QED) is 0.502. The summed E-state index contributed by atoms with van der Waals surface area (Å²) < 4.78 is 0. The molecule has 8 unspecified atom stereocenters. The summed E-state index contributed by atoms with van der Waals surface area (Å²) in [5.74, 6) is 5.43. The smallest absolute Gasteiger partial charge is 0.0543 e. The molecule has 170 valence electrons. The number of hydrogen-bond acceptors (Lipinski definition) is 2. The van der Waals surface area contributed by atoms with Crippen LogP contribution < -0.4 is 0 Å². The first kappa shape index (κ1) is 22.7. The average molecular weight is 415 g/mol. The van der Waals surface area contributed by atoms with Gasteiger partial charge in [0.15, 0.2) is 0 Å². The van der Waals surface area contributed by atoms with Crippen molar-refractivity contribution in [3.8, 4) is 12.3 Å². The van der Waals surface area contributed by atoms with Gasteiger partial charge in [0.25, 0.3) is 0 Å². The molecule has 0 spiro atoms. The van der Waals surface area contributed by atoms with Gasteiger partial charge in [-0.15, -0.1) is 12.3 Å². The second-order valence-corrected chi connectivity index (χ2v) is 12.5. The molecular weight excluding hydrogens is 368 g/mol. The van der Waals surface area contributed by atoms with E-state index in [9.17, 15) is 10.2 Å². The molecular formula is C28H46O2. The van der Waals surface area contributed by atoms with Crippen molar-refractivity contribution in [2.24, 2.45) is 45.3 Å². The van der Waals surface area contributed by atoms with Crippen LogP contribution in [0.25, 0.3) is 0 Å². The summed E-state index contributed by atoms with van der Waals surface area (Å²) in [6, 6.07) is 0. The number of rotatable bonds is 1. The van der Waals surface area contributed by atoms with E-state index in [1.165, 1.54) is 64.2 Å². The molecule has 5 fully saturated rings. The summed E-state index contributed by atoms with van der Waals surface area (Å²) in [5, 5.41) is 20.6. The molecule has 5 saturated carbocycles. The normalized spacial score (nSPS) is 54.4. The predicted molar refractivity (Wildman–Crippen MR) is 124 cm³/mol. The molecule has 0 aromatic rings. The van der Waals surface area contributed by atoms with Gasteiger partial charge in [-0.1, -0.05) is 27.2 Å². The summed E-state index contributed by atoms with van der Waals surface area (Å²) in [6.07, 6.45) is 20.0.